The molecule has 0 heterocycles. The fraction of sp³-hybridized carbons (Fsp3) is 0.857. The molecule has 1 N–H and O–H groups in total. The van der Waals surface area contributed by atoms with Crippen LogP contribution in [0.4, 0.5) is 0 Å². The smallest absolute Gasteiger partial charge is 0.335 e. The highest BCUT2D eigenvalue weighted by atomic mass is 16.7. The van der Waals surface area contributed by atoms with Crippen molar-refractivity contribution >= 4 is 11.9 Å². The summed E-state index contributed by atoms with van der Waals surface area (Å²) < 4.78 is 0. The van der Waals surface area contributed by atoms with E-state index in [4.69, 9.17) is 4.84 Å². The van der Waals surface area contributed by atoms with Crippen LogP contribution in [0.5, 0.6) is 0 Å². The van der Waals surface area contributed by atoms with E-state index in [9.17, 15) is 9.59 Å². The Morgan fingerprint density at radius 3 is 1.83 bits per heavy atom. The van der Waals surface area contributed by atoms with Gasteiger partial charge in [0, 0.05) is 5.92 Å². The molecule has 2 saturated carbocycles. The number of nitrogens with one attached hydrogen (secondary N) is 1. The molecule has 0 saturated heterocycles. The molecule has 0 atom stereocenters. The lowest BCUT2D eigenvalue weighted by molar-refractivity contribution is -0.164. The maximum absolute atomic E-state index is 11.8. The van der Waals surface area contributed by atoms with Gasteiger partial charge in [0.1, 0.15) is 0 Å². The summed E-state index contributed by atoms with van der Waals surface area (Å²) in [5.74, 6) is -0.332. The van der Waals surface area contributed by atoms with Crippen molar-refractivity contribution in [2.45, 2.75) is 64.2 Å². The van der Waals surface area contributed by atoms with E-state index in [1.165, 1.54) is 12.8 Å². The highest BCUT2D eigenvalue weighted by molar-refractivity contribution is 5.80. The summed E-state index contributed by atoms with van der Waals surface area (Å²) in [5.41, 5.74) is 2.36. The van der Waals surface area contributed by atoms with Gasteiger partial charge in [0.2, 0.25) is 0 Å². The minimum atomic E-state index is -0.251. The minimum Gasteiger partial charge on any atom is -0.340 e. The van der Waals surface area contributed by atoms with E-state index >= 15 is 0 Å². The molecule has 2 aliphatic rings. The quantitative estimate of drug-likeness (QED) is 0.770. The number of rotatable bonds is 2. The molecule has 0 spiro atoms. The molecule has 0 aromatic heterocycles. The van der Waals surface area contributed by atoms with E-state index in [2.05, 4.69) is 5.48 Å². The Balaban J connectivity index is 1.69. The molecule has 4 heteroatoms. The molecule has 0 unspecified atom stereocenters. The van der Waals surface area contributed by atoms with E-state index in [0.29, 0.717) is 0 Å². The molecular weight excluding hydrogens is 230 g/mol. The van der Waals surface area contributed by atoms with Crippen molar-refractivity contribution in [1.29, 1.82) is 0 Å². The van der Waals surface area contributed by atoms with Crippen LogP contribution in [0.1, 0.15) is 64.2 Å². The van der Waals surface area contributed by atoms with Crippen molar-refractivity contribution in [3.8, 4) is 0 Å². The van der Waals surface area contributed by atoms with Crippen molar-refractivity contribution in [3.63, 3.8) is 0 Å². The second kappa shape index (κ2) is 6.76. The highest BCUT2D eigenvalue weighted by Gasteiger charge is 2.25. The Morgan fingerprint density at radius 1 is 0.778 bits per heavy atom. The zero-order chi connectivity index (χ0) is 12.8. The summed E-state index contributed by atoms with van der Waals surface area (Å²) in [4.78, 5) is 28.5. The largest absolute Gasteiger partial charge is 0.340 e. The fourth-order valence-corrected chi connectivity index (χ4v) is 2.97. The van der Waals surface area contributed by atoms with E-state index in [-0.39, 0.29) is 23.7 Å². The van der Waals surface area contributed by atoms with Crippen molar-refractivity contribution in [3.05, 3.63) is 0 Å². The van der Waals surface area contributed by atoms with Gasteiger partial charge < -0.3 is 4.84 Å². The maximum atomic E-state index is 11.8. The van der Waals surface area contributed by atoms with E-state index in [1.54, 1.807) is 0 Å². The Hall–Kier alpha value is -1.06. The molecule has 2 aliphatic carbocycles. The van der Waals surface area contributed by atoms with Crippen LogP contribution < -0.4 is 5.48 Å². The Bertz CT molecular complexity index is 261. The minimum absolute atomic E-state index is 0.00888. The molecule has 0 bridgehead atoms. The summed E-state index contributed by atoms with van der Waals surface area (Å²) in [6, 6.07) is 0. The van der Waals surface area contributed by atoms with Crippen molar-refractivity contribution in [2.24, 2.45) is 11.8 Å². The van der Waals surface area contributed by atoms with Crippen LogP contribution in [0.25, 0.3) is 0 Å². The zero-order valence-corrected chi connectivity index (χ0v) is 11.0. The van der Waals surface area contributed by atoms with Crippen LogP contribution in [0.15, 0.2) is 0 Å². The van der Waals surface area contributed by atoms with Crippen LogP contribution in [-0.4, -0.2) is 11.9 Å². The summed E-state index contributed by atoms with van der Waals surface area (Å²) in [6.45, 7) is 0. The highest BCUT2D eigenvalue weighted by Crippen LogP contribution is 2.25. The van der Waals surface area contributed by atoms with E-state index in [0.717, 1.165) is 51.4 Å². The first-order chi connectivity index (χ1) is 8.77. The van der Waals surface area contributed by atoms with Crippen molar-refractivity contribution in [2.75, 3.05) is 0 Å². The number of amides is 1. The topological polar surface area (TPSA) is 55.4 Å². The lowest BCUT2D eigenvalue weighted by Crippen LogP contribution is -2.36. The molecular formula is C14H23NO3. The summed E-state index contributed by atoms with van der Waals surface area (Å²) in [5, 5.41) is 0. The number of carbonyl (C=O) groups excluding carboxylic acids is 2. The summed E-state index contributed by atoms with van der Waals surface area (Å²) in [6.07, 6.45) is 10.5. The molecule has 0 aromatic carbocycles. The van der Waals surface area contributed by atoms with Gasteiger partial charge in [-0.2, -0.15) is 5.48 Å². The van der Waals surface area contributed by atoms with Crippen LogP contribution in [0.3, 0.4) is 0 Å². The number of hydrogen-bond acceptors (Lipinski definition) is 3. The van der Waals surface area contributed by atoms with Crippen LogP contribution in [0.2, 0.25) is 0 Å². The van der Waals surface area contributed by atoms with Crippen molar-refractivity contribution < 1.29 is 14.4 Å². The van der Waals surface area contributed by atoms with Gasteiger partial charge in [-0.05, 0) is 25.7 Å². The first kappa shape index (κ1) is 13.4. The first-order valence-corrected chi connectivity index (χ1v) is 7.28. The third kappa shape index (κ3) is 3.72. The molecule has 2 fully saturated rings. The van der Waals surface area contributed by atoms with Gasteiger partial charge in [-0.15, -0.1) is 0 Å². The van der Waals surface area contributed by atoms with E-state index in [1.807, 2.05) is 0 Å². The van der Waals surface area contributed by atoms with Crippen LogP contribution in [-0.2, 0) is 14.4 Å². The molecule has 1 amide bonds. The van der Waals surface area contributed by atoms with Gasteiger partial charge in [0.15, 0.2) is 0 Å². The van der Waals surface area contributed by atoms with E-state index < -0.39 is 0 Å². The normalized spacial score (nSPS) is 22.4. The van der Waals surface area contributed by atoms with Gasteiger partial charge in [0.05, 0.1) is 5.92 Å². The monoisotopic (exact) mass is 253 g/mol. The van der Waals surface area contributed by atoms with Gasteiger partial charge in [-0.25, -0.2) is 4.79 Å². The average Bonchev–Trinajstić information content (AvgIpc) is 2.46. The third-order valence-corrected chi connectivity index (χ3v) is 4.17. The molecule has 18 heavy (non-hydrogen) atoms. The maximum Gasteiger partial charge on any atom is 0.335 e. The Labute approximate surface area is 108 Å². The second-order valence-corrected chi connectivity index (χ2v) is 5.56. The Kier molecular flexibility index (Phi) is 5.02. The fourth-order valence-electron chi connectivity index (χ4n) is 2.97. The molecule has 0 aromatic rings. The number of carbonyl (C=O) groups is 2. The van der Waals surface area contributed by atoms with Gasteiger partial charge in [0.25, 0.3) is 5.91 Å². The lowest BCUT2D eigenvalue weighted by atomic mass is 9.89. The SMILES string of the molecule is O=C(NOC(=O)C1CCCCC1)C1CCCCC1. The zero-order valence-electron chi connectivity index (χ0n) is 11.0. The first-order valence-electron chi connectivity index (χ1n) is 7.28. The third-order valence-electron chi connectivity index (χ3n) is 4.17. The van der Waals surface area contributed by atoms with Crippen LogP contribution in [0, 0.1) is 11.8 Å². The predicted octanol–water partition coefficient (Wildman–Crippen LogP) is 2.72. The molecule has 2 rings (SSSR count). The second-order valence-electron chi connectivity index (χ2n) is 5.56. The molecule has 4 nitrogen and oxygen atoms in total. The average molecular weight is 253 g/mol. The summed E-state index contributed by atoms with van der Waals surface area (Å²) >= 11 is 0. The standard InChI is InChI=1S/C14H23NO3/c16-13(11-7-3-1-4-8-11)15-18-14(17)12-9-5-2-6-10-12/h11-12H,1-10H2,(H,15,16). The summed E-state index contributed by atoms with van der Waals surface area (Å²) in [7, 11) is 0. The van der Waals surface area contributed by atoms with Gasteiger partial charge >= 0.3 is 5.97 Å². The molecule has 102 valence electrons. The molecule has 0 aliphatic heterocycles. The number of hydroxylamine groups is 1. The Morgan fingerprint density at radius 2 is 1.28 bits per heavy atom. The van der Waals surface area contributed by atoms with Gasteiger partial charge in [-0.1, -0.05) is 38.5 Å². The van der Waals surface area contributed by atoms with Gasteiger partial charge in [-0.3, -0.25) is 4.79 Å². The predicted molar refractivity (Wildman–Crippen MR) is 67.4 cm³/mol. The lowest BCUT2D eigenvalue weighted by Gasteiger charge is -2.22. The molecule has 0 radical (unpaired) electrons. The van der Waals surface area contributed by atoms with Crippen LogP contribution >= 0.6 is 0 Å². The van der Waals surface area contributed by atoms with Crippen molar-refractivity contribution in [1.82, 2.24) is 5.48 Å². The number of hydrogen-bond donors (Lipinski definition) is 1.